The van der Waals surface area contributed by atoms with E-state index in [1.54, 1.807) is 6.07 Å². The number of carbonyl (C=O) groups is 1. The Hall–Kier alpha value is -2.36. The highest BCUT2D eigenvalue weighted by atomic mass is 16.1. The van der Waals surface area contributed by atoms with Crippen LogP contribution < -0.4 is 10.2 Å². The number of nitrogens with zero attached hydrogens (tertiary/aromatic N) is 2. The summed E-state index contributed by atoms with van der Waals surface area (Å²) in [6.07, 6.45) is 1.01. The highest BCUT2D eigenvalue weighted by Crippen LogP contribution is 2.33. The van der Waals surface area contributed by atoms with Crippen LogP contribution in [-0.4, -0.2) is 23.5 Å². The second-order valence-electron chi connectivity index (χ2n) is 5.54. The zero-order valence-electron chi connectivity index (χ0n) is 12.3. The molecule has 0 spiro atoms. The van der Waals surface area contributed by atoms with Crippen LogP contribution in [0, 0.1) is 0 Å². The van der Waals surface area contributed by atoms with Crippen molar-refractivity contribution >= 4 is 17.4 Å². The third-order valence-electron chi connectivity index (χ3n) is 3.55. The lowest BCUT2D eigenvalue weighted by atomic mass is 10.2. The molecule has 0 bridgehead atoms. The van der Waals surface area contributed by atoms with E-state index in [-0.39, 0.29) is 11.9 Å². The van der Waals surface area contributed by atoms with Crippen LogP contribution >= 0.6 is 0 Å². The highest BCUT2D eigenvalue weighted by molar-refractivity contribution is 5.93. The van der Waals surface area contributed by atoms with E-state index in [1.807, 2.05) is 32.0 Å². The Morgan fingerprint density at radius 2 is 2.00 bits per heavy atom. The average molecular weight is 281 g/mol. The Morgan fingerprint density at radius 3 is 2.81 bits per heavy atom. The molecular weight excluding hydrogens is 262 g/mol. The van der Waals surface area contributed by atoms with E-state index in [0.717, 1.165) is 18.8 Å². The van der Waals surface area contributed by atoms with Crippen molar-refractivity contribution in [3.05, 3.63) is 53.7 Å². The number of anilines is 2. The van der Waals surface area contributed by atoms with Crippen LogP contribution in [0.25, 0.3) is 0 Å². The van der Waals surface area contributed by atoms with Gasteiger partial charge in [0.15, 0.2) is 0 Å². The highest BCUT2D eigenvalue weighted by Gasteiger charge is 2.21. The Kier molecular flexibility index (Phi) is 3.60. The minimum Gasteiger partial charge on any atom is -0.349 e. The van der Waals surface area contributed by atoms with Gasteiger partial charge in [0.1, 0.15) is 11.5 Å². The van der Waals surface area contributed by atoms with Crippen molar-refractivity contribution < 1.29 is 4.79 Å². The Labute approximate surface area is 124 Å². The molecule has 1 amide bonds. The van der Waals surface area contributed by atoms with Crippen LogP contribution in [0.1, 0.15) is 29.9 Å². The summed E-state index contributed by atoms with van der Waals surface area (Å²) in [6, 6.07) is 14.0. The molecule has 1 aromatic heterocycles. The first-order chi connectivity index (χ1) is 10.1. The molecule has 0 aliphatic carbocycles. The number of para-hydroxylation sites is 1. The number of carbonyl (C=O) groups excluding carboxylic acids is 1. The van der Waals surface area contributed by atoms with Gasteiger partial charge >= 0.3 is 0 Å². The molecule has 0 atom stereocenters. The third kappa shape index (κ3) is 2.75. The first-order valence-electron chi connectivity index (χ1n) is 7.28. The number of benzene rings is 1. The van der Waals surface area contributed by atoms with Crippen LogP contribution in [0.3, 0.4) is 0 Å². The van der Waals surface area contributed by atoms with Gasteiger partial charge in [0, 0.05) is 18.3 Å². The number of pyridine rings is 1. The minimum atomic E-state index is -0.126. The first kappa shape index (κ1) is 13.6. The fourth-order valence-corrected chi connectivity index (χ4v) is 2.61. The van der Waals surface area contributed by atoms with Gasteiger partial charge in [-0.1, -0.05) is 24.3 Å². The number of hydrogen-bond acceptors (Lipinski definition) is 3. The molecule has 0 radical (unpaired) electrons. The van der Waals surface area contributed by atoms with Crippen molar-refractivity contribution in [2.75, 3.05) is 11.4 Å². The van der Waals surface area contributed by atoms with Gasteiger partial charge in [-0.15, -0.1) is 0 Å². The number of nitrogens with one attached hydrogen (secondary N) is 1. The van der Waals surface area contributed by atoms with Gasteiger partial charge in [0.25, 0.3) is 5.91 Å². The predicted octanol–water partition coefficient (Wildman–Crippen LogP) is 2.91. The fraction of sp³-hybridized carbons (Fsp3) is 0.294. The van der Waals surface area contributed by atoms with E-state index >= 15 is 0 Å². The molecule has 3 rings (SSSR count). The van der Waals surface area contributed by atoms with Gasteiger partial charge in [-0.3, -0.25) is 4.79 Å². The molecule has 1 N–H and O–H groups in total. The second kappa shape index (κ2) is 5.56. The van der Waals surface area contributed by atoms with Gasteiger partial charge in [-0.05, 0) is 44.0 Å². The van der Waals surface area contributed by atoms with Crippen LogP contribution in [0.2, 0.25) is 0 Å². The Bertz CT molecular complexity index is 667. The quantitative estimate of drug-likeness (QED) is 0.941. The topological polar surface area (TPSA) is 45.2 Å². The summed E-state index contributed by atoms with van der Waals surface area (Å²) in [6.45, 7) is 4.79. The van der Waals surface area contributed by atoms with Crippen molar-refractivity contribution in [2.45, 2.75) is 26.3 Å². The average Bonchev–Trinajstić information content (AvgIpc) is 2.90. The van der Waals surface area contributed by atoms with E-state index in [2.05, 4.69) is 33.4 Å². The maximum Gasteiger partial charge on any atom is 0.270 e. The molecule has 108 valence electrons. The van der Waals surface area contributed by atoms with Gasteiger partial charge in [-0.2, -0.15) is 0 Å². The summed E-state index contributed by atoms with van der Waals surface area (Å²) >= 11 is 0. The van der Waals surface area contributed by atoms with Gasteiger partial charge in [0.2, 0.25) is 0 Å². The van der Waals surface area contributed by atoms with E-state index in [9.17, 15) is 4.79 Å². The summed E-state index contributed by atoms with van der Waals surface area (Å²) < 4.78 is 0. The van der Waals surface area contributed by atoms with Crippen LogP contribution in [0.5, 0.6) is 0 Å². The van der Waals surface area contributed by atoms with Crippen LogP contribution in [0.15, 0.2) is 42.5 Å². The number of hydrogen-bond donors (Lipinski definition) is 1. The van der Waals surface area contributed by atoms with Gasteiger partial charge in [0.05, 0.1) is 0 Å². The molecule has 4 heteroatoms. The first-order valence-corrected chi connectivity index (χ1v) is 7.28. The summed E-state index contributed by atoms with van der Waals surface area (Å²) in [4.78, 5) is 18.8. The summed E-state index contributed by atoms with van der Waals surface area (Å²) in [5.41, 5.74) is 2.98. The molecule has 2 aromatic rings. The summed E-state index contributed by atoms with van der Waals surface area (Å²) in [5, 5.41) is 2.88. The lowest BCUT2D eigenvalue weighted by molar-refractivity contribution is 0.0938. The number of aromatic nitrogens is 1. The minimum absolute atomic E-state index is 0.107. The van der Waals surface area contributed by atoms with Crippen molar-refractivity contribution in [3.63, 3.8) is 0 Å². The number of fused-ring (bicyclic) bond motifs is 1. The molecule has 21 heavy (non-hydrogen) atoms. The van der Waals surface area contributed by atoms with Crippen molar-refractivity contribution in [1.29, 1.82) is 0 Å². The summed E-state index contributed by atoms with van der Waals surface area (Å²) in [7, 11) is 0. The largest absolute Gasteiger partial charge is 0.349 e. The standard InChI is InChI=1S/C17H19N3O/c1-12(2)18-17(21)14-7-5-9-16(19-14)20-11-10-13-6-3-4-8-15(13)20/h3-9,12H,10-11H2,1-2H3,(H,18,21). The molecule has 0 fully saturated rings. The van der Waals surface area contributed by atoms with Crippen molar-refractivity contribution in [2.24, 2.45) is 0 Å². The number of rotatable bonds is 3. The Morgan fingerprint density at radius 1 is 1.19 bits per heavy atom. The van der Waals surface area contributed by atoms with E-state index < -0.39 is 0 Å². The molecular formula is C17H19N3O. The maximum atomic E-state index is 12.1. The normalized spacial score (nSPS) is 13.4. The molecule has 1 aliphatic rings. The zero-order valence-corrected chi connectivity index (χ0v) is 12.3. The maximum absolute atomic E-state index is 12.1. The summed E-state index contributed by atoms with van der Waals surface area (Å²) in [5.74, 6) is 0.704. The SMILES string of the molecule is CC(C)NC(=O)c1cccc(N2CCc3ccccc32)n1. The molecule has 4 nitrogen and oxygen atoms in total. The van der Waals surface area contributed by atoms with Crippen molar-refractivity contribution in [1.82, 2.24) is 10.3 Å². The molecule has 0 saturated heterocycles. The smallest absolute Gasteiger partial charge is 0.270 e. The molecule has 1 aliphatic heterocycles. The molecule has 0 unspecified atom stereocenters. The Balaban J connectivity index is 1.89. The fourth-order valence-electron chi connectivity index (χ4n) is 2.61. The van der Waals surface area contributed by atoms with E-state index in [1.165, 1.54) is 11.3 Å². The van der Waals surface area contributed by atoms with E-state index in [0.29, 0.717) is 5.69 Å². The molecule has 0 saturated carbocycles. The van der Waals surface area contributed by atoms with Crippen molar-refractivity contribution in [3.8, 4) is 0 Å². The number of amides is 1. The lowest BCUT2D eigenvalue weighted by Crippen LogP contribution is -2.31. The monoisotopic (exact) mass is 281 g/mol. The zero-order chi connectivity index (χ0) is 14.8. The van der Waals surface area contributed by atoms with E-state index in [4.69, 9.17) is 0 Å². The third-order valence-corrected chi connectivity index (χ3v) is 3.55. The van der Waals surface area contributed by atoms with Gasteiger partial charge < -0.3 is 10.2 Å². The molecule has 2 heterocycles. The lowest BCUT2D eigenvalue weighted by Gasteiger charge is -2.19. The van der Waals surface area contributed by atoms with Gasteiger partial charge in [-0.25, -0.2) is 4.98 Å². The van der Waals surface area contributed by atoms with Crippen LogP contribution in [0.4, 0.5) is 11.5 Å². The predicted molar refractivity (Wildman–Crippen MR) is 84.0 cm³/mol. The van der Waals surface area contributed by atoms with Crippen LogP contribution in [-0.2, 0) is 6.42 Å². The second-order valence-corrected chi connectivity index (χ2v) is 5.54. The molecule has 1 aromatic carbocycles.